The van der Waals surface area contributed by atoms with Gasteiger partial charge in [-0.3, -0.25) is 4.79 Å². The second kappa shape index (κ2) is 6.53. The minimum atomic E-state index is -0.875. The predicted molar refractivity (Wildman–Crippen MR) is 81.3 cm³/mol. The lowest BCUT2D eigenvalue weighted by Crippen LogP contribution is -2.41. The lowest BCUT2D eigenvalue weighted by molar-refractivity contribution is 0.0368. The zero-order chi connectivity index (χ0) is 14.6. The summed E-state index contributed by atoms with van der Waals surface area (Å²) in [5.41, 5.74) is 0.738. The van der Waals surface area contributed by atoms with E-state index < -0.39 is 5.60 Å². The van der Waals surface area contributed by atoms with E-state index in [4.69, 9.17) is 0 Å². The zero-order valence-electron chi connectivity index (χ0n) is 12.0. The van der Waals surface area contributed by atoms with Crippen LogP contribution in [0.5, 0.6) is 0 Å². The number of carbonyl (C=O) groups excluding carboxylic acids is 1. The summed E-state index contributed by atoms with van der Waals surface area (Å²) in [7, 11) is 0. The number of benzene rings is 1. The third-order valence-corrected chi connectivity index (χ3v) is 3.97. The van der Waals surface area contributed by atoms with E-state index in [1.807, 2.05) is 32.9 Å². The summed E-state index contributed by atoms with van der Waals surface area (Å²) in [6.45, 7) is 8.04. The molecule has 0 fully saturated rings. The molecular formula is C15H22BrNO2. The quantitative estimate of drug-likeness (QED) is 0.871. The van der Waals surface area contributed by atoms with Crippen LogP contribution in [0.2, 0.25) is 0 Å². The van der Waals surface area contributed by atoms with Crippen LogP contribution < -0.4 is 5.32 Å². The molecule has 4 heteroatoms. The van der Waals surface area contributed by atoms with E-state index in [9.17, 15) is 9.90 Å². The molecule has 3 nitrogen and oxygen atoms in total. The second-order valence-corrected chi connectivity index (χ2v) is 6.51. The SMILES string of the molecule is Cc1cccc(C(=O)NCC(C)(O)CC(C)C)c1Br. The normalized spacial score (nSPS) is 14.3. The highest BCUT2D eigenvalue weighted by Gasteiger charge is 2.23. The van der Waals surface area contributed by atoms with Gasteiger partial charge in [0.15, 0.2) is 0 Å². The first-order chi connectivity index (χ1) is 8.73. The number of hydrogen-bond donors (Lipinski definition) is 2. The number of nitrogens with one attached hydrogen (secondary N) is 1. The van der Waals surface area contributed by atoms with Gasteiger partial charge in [-0.05, 0) is 53.7 Å². The Labute approximate surface area is 123 Å². The van der Waals surface area contributed by atoms with Gasteiger partial charge in [0.1, 0.15) is 0 Å². The van der Waals surface area contributed by atoms with Crippen molar-refractivity contribution in [2.75, 3.05) is 6.54 Å². The molecule has 1 aromatic carbocycles. The van der Waals surface area contributed by atoms with Crippen LogP contribution in [0.15, 0.2) is 22.7 Å². The van der Waals surface area contributed by atoms with Gasteiger partial charge < -0.3 is 10.4 Å². The van der Waals surface area contributed by atoms with Crippen LogP contribution in [0, 0.1) is 12.8 Å². The van der Waals surface area contributed by atoms with Crippen molar-refractivity contribution in [1.29, 1.82) is 0 Å². The van der Waals surface area contributed by atoms with Gasteiger partial charge in [0.2, 0.25) is 0 Å². The molecule has 0 spiro atoms. The van der Waals surface area contributed by atoms with Gasteiger partial charge in [-0.15, -0.1) is 0 Å². The summed E-state index contributed by atoms with van der Waals surface area (Å²) in [6.07, 6.45) is 0.655. The lowest BCUT2D eigenvalue weighted by atomic mass is 9.94. The fourth-order valence-electron chi connectivity index (χ4n) is 2.14. The highest BCUT2D eigenvalue weighted by Crippen LogP contribution is 2.21. The fraction of sp³-hybridized carbons (Fsp3) is 0.533. The summed E-state index contributed by atoms with van der Waals surface area (Å²) in [4.78, 5) is 12.1. The Morgan fingerprint density at radius 3 is 2.68 bits per heavy atom. The number of hydrogen-bond acceptors (Lipinski definition) is 2. The molecule has 1 unspecified atom stereocenters. The number of carbonyl (C=O) groups is 1. The molecule has 1 aromatic rings. The molecule has 2 N–H and O–H groups in total. The van der Waals surface area contributed by atoms with Crippen LogP contribution in [0.4, 0.5) is 0 Å². The van der Waals surface area contributed by atoms with E-state index in [0.29, 0.717) is 17.9 Å². The van der Waals surface area contributed by atoms with E-state index >= 15 is 0 Å². The molecule has 0 saturated heterocycles. The molecule has 0 aliphatic carbocycles. The first-order valence-electron chi connectivity index (χ1n) is 6.48. The minimum absolute atomic E-state index is 0.167. The van der Waals surface area contributed by atoms with E-state index in [1.54, 1.807) is 13.0 Å². The Balaban J connectivity index is 2.68. The minimum Gasteiger partial charge on any atom is -0.388 e. The van der Waals surface area contributed by atoms with Crippen molar-refractivity contribution in [1.82, 2.24) is 5.32 Å². The van der Waals surface area contributed by atoms with Crippen molar-refractivity contribution in [2.24, 2.45) is 5.92 Å². The van der Waals surface area contributed by atoms with Crippen LogP contribution in [0.1, 0.15) is 43.1 Å². The first-order valence-corrected chi connectivity index (χ1v) is 7.28. The summed E-state index contributed by atoms with van der Waals surface area (Å²) < 4.78 is 0.802. The third kappa shape index (κ3) is 4.96. The third-order valence-electron chi connectivity index (χ3n) is 2.91. The number of aliphatic hydroxyl groups is 1. The van der Waals surface area contributed by atoms with Crippen molar-refractivity contribution >= 4 is 21.8 Å². The van der Waals surface area contributed by atoms with Crippen molar-refractivity contribution in [3.63, 3.8) is 0 Å². The van der Waals surface area contributed by atoms with Gasteiger partial charge in [-0.2, -0.15) is 0 Å². The molecule has 1 amide bonds. The standard InChI is InChI=1S/C15H22BrNO2/c1-10(2)8-15(4,19)9-17-14(18)12-7-5-6-11(3)13(12)16/h5-7,10,19H,8-9H2,1-4H3,(H,17,18). The summed E-state index contributed by atoms with van der Waals surface area (Å²) >= 11 is 3.42. The van der Waals surface area contributed by atoms with Gasteiger partial charge >= 0.3 is 0 Å². The van der Waals surface area contributed by atoms with Crippen molar-refractivity contribution < 1.29 is 9.90 Å². The van der Waals surface area contributed by atoms with Crippen molar-refractivity contribution in [3.05, 3.63) is 33.8 Å². The van der Waals surface area contributed by atoms with Crippen LogP contribution >= 0.6 is 15.9 Å². The highest BCUT2D eigenvalue weighted by molar-refractivity contribution is 9.10. The van der Waals surface area contributed by atoms with Gasteiger partial charge in [-0.25, -0.2) is 0 Å². The second-order valence-electron chi connectivity index (χ2n) is 5.71. The Morgan fingerprint density at radius 1 is 1.47 bits per heavy atom. The van der Waals surface area contributed by atoms with E-state index in [0.717, 1.165) is 10.0 Å². The predicted octanol–water partition coefficient (Wildman–Crippen LogP) is 3.28. The Morgan fingerprint density at radius 2 is 2.11 bits per heavy atom. The maximum atomic E-state index is 12.1. The van der Waals surface area contributed by atoms with E-state index in [-0.39, 0.29) is 12.5 Å². The van der Waals surface area contributed by atoms with Gasteiger partial charge in [0.25, 0.3) is 5.91 Å². The van der Waals surface area contributed by atoms with E-state index in [2.05, 4.69) is 21.2 Å². The summed E-state index contributed by atoms with van der Waals surface area (Å²) in [5, 5.41) is 13.0. The number of aryl methyl sites for hydroxylation is 1. The number of halogens is 1. The molecule has 0 radical (unpaired) electrons. The fourth-order valence-corrected chi connectivity index (χ4v) is 2.58. The van der Waals surface area contributed by atoms with Gasteiger partial charge in [0.05, 0.1) is 11.2 Å². The maximum absolute atomic E-state index is 12.1. The monoisotopic (exact) mass is 327 g/mol. The van der Waals surface area contributed by atoms with Crippen LogP contribution in [-0.2, 0) is 0 Å². The molecule has 0 bridgehead atoms. The molecule has 1 atom stereocenters. The molecule has 106 valence electrons. The Bertz CT molecular complexity index is 455. The summed E-state index contributed by atoms with van der Waals surface area (Å²) in [5.74, 6) is 0.220. The molecular weight excluding hydrogens is 306 g/mol. The maximum Gasteiger partial charge on any atom is 0.252 e. The van der Waals surface area contributed by atoms with E-state index in [1.165, 1.54) is 0 Å². The average Bonchev–Trinajstić information content (AvgIpc) is 2.28. The van der Waals surface area contributed by atoms with Crippen LogP contribution in [0.3, 0.4) is 0 Å². The summed E-state index contributed by atoms with van der Waals surface area (Å²) in [6, 6.07) is 5.56. The van der Waals surface area contributed by atoms with Crippen LogP contribution in [0.25, 0.3) is 0 Å². The zero-order valence-corrected chi connectivity index (χ0v) is 13.5. The molecule has 1 rings (SSSR count). The lowest BCUT2D eigenvalue weighted by Gasteiger charge is -2.25. The van der Waals surface area contributed by atoms with Gasteiger partial charge in [0, 0.05) is 11.0 Å². The van der Waals surface area contributed by atoms with Crippen molar-refractivity contribution in [3.8, 4) is 0 Å². The molecule has 0 aliphatic heterocycles. The van der Waals surface area contributed by atoms with Crippen molar-refractivity contribution in [2.45, 2.75) is 39.7 Å². The molecule has 19 heavy (non-hydrogen) atoms. The molecule has 0 saturated carbocycles. The Kier molecular flexibility index (Phi) is 5.56. The highest BCUT2D eigenvalue weighted by atomic mass is 79.9. The number of rotatable bonds is 5. The molecule has 0 heterocycles. The van der Waals surface area contributed by atoms with Crippen LogP contribution in [-0.4, -0.2) is 23.2 Å². The molecule has 0 aliphatic rings. The largest absolute Gasteiger partial charge is 0.388 e. The Hall–Kier alpha value is -0.870. The number of amides is 1. The molecule has 0 aromatic heterocycles. The first kappa shape index (κ1) is 16.2. The topological polar surface area (TPSA) is 49.3 Å². The average molecular weight is 328 g/mol. The van der Waals surface area contributed by atoms with Gasteiger partial charge in [-0.1, -0.05) is 26.0 Å². The smallest absolute Gasteiger partial charge is 0.252 e.